The van der Waals surface area contributed by atoms with E-state index < -0.39 is 11.6 Å². The summed E-state index contributed by atoms with van der Waals surface area (Å²) >= 11 is 1.70. The Hall–Kier alpha value is -1.30. The topological polar surface area (TPSA) is 38.0 Å². The number of halogens is 2. The molecule has 1 aromatic heterocycles. The lowest BCUT2D eigenvalue weighted by atomic mass is 10.0. The molecule has 112 valence electrons. The lowest BCUT2D eigenvalue weighted by Crippen LogP contribution is -2.28. The van der Waals surface area contributed by atoms with Crippen LogP contribution in [0.3, 0.4) is 0 Å². The van der Waals surface area contributed by atoms with Crippen LogP contribution in [-0.4, -0.2) is 0 Å². The minimum atomic E-state index is -0.580. The molecule has 3 rings (SSSR count). The van der Waals surface area contributed by atoms with Crippen LogP contribution in [0.1, 0.15) is 46.2 Å². The molecule has 1 aliphatic rings. The number of aryl methyl sites for hydroxylation is 2. The second-order valence-corrected chi connectivity index (χ2v) is 6.63. The zero-order valence-electron chi connectivity index (χ0n) is 11.7. The standard InChI is InChI=1S/C16H18F2N2S/c17-12-6-11(7-13(18)9-12)16(20-19)15-8-10-4-2-1-3-5-14(10)21-15/h6-9,16,20H,1-5,19H2. The van der Waals surface area contributed by atoms with Crippen molar-refractivity contribution in [2.45, 2.75) is 38.1 Å². The summed E-state index contributed by atoms with van der Waals surface area (Å²) in [7, 11) is 0. The molecular weight excluding hydrogens is 290 g/mol. The van der Waals surface area contributed by atoms with Crippen LogP contribution in [-0.2, 0) is 12.8 Å². The largest absolute Gasteiger partial charge is 0.271 e. The van der Waals surface area contributed by atoms with E-state index in [1.54, 1.807) is 11.3 Å². The number of nitrogens with one attached hydrogen (secondary N) is 1. The van der Waals surface area contributed by atoms with Gasteiger partial charge in [-0.3, -0.25) is 5.84 Å². The molecular formula is C16H18F2N2S. The third-order valence-electron chi connectivity index (χ3n) is 3.94. The molecule has 0 aliphatic heterocycles. The fourth-order valence-electron chi connectivity index (χ4n) is 2.92. The summed E-state index contributed by atoms with van der Waals surface area (Å²) in [4.78, 5) is 2.41. The molecule has 1 heterocycles. The predicted octanol–water partition coefficient (Wildman–Crippen LogP) is 3.85. The molecule has 3 N–H and O–H groups in total. The highest BCUT2D eigenvalue weighted by Gasteiger charge is 2.20. The van der Waals surface area contributed by atoms with E-state index in [1.807, 2.05) is 0 Å². The van der Waals surface area contributed by atoms with Crippen LogP contribution < -0.4 is 11.3 Å². The van der Waals surface area contributed by atoms with Crippen molar-refractivity contribution < 1.29 is 8.78 Å². The third kappa shape index (κ3) is 3.15. The summed E-state index contributed by atoms with van der Waals surface area (Å²) in [5.74, 6) is 4.48. The number of hydrazine groups is 1. The van der Waals surface area contributed by atoms with Crippen molar-refractivity contribution in [2.24, 2.45) is 5.84 Å². The highest BCUT2D eigenvalue weighted by Crippen LogP contribution is 2.34. The first kappa shape index (κ1) is 14.6. The molecule has 2 nitrogen and oxygen atoms in total. The van der Waals surface area contributed by atoms with E-state index in [-0.39, 0.29) is 6.04 Å². The van der Waals surface area contributed by atoms with Crippen molar-refractivity contribution in [1.29, 1.82) is 0 Å². The first-order chi connectivity index (χ1) is 10.2. The van der Waals surface area contributed by atoms with Gasteiger partial charge in [0.25, 0.3) is 0 Å². The fourth-order valence-corrected chi connectivity index (χ4v) is 4.26. The minimum Gasteiger partial charge on any atom is -0.271 e. The van der Waals surface area contributed by atoms with Crippen molar-refractivity contribution in [3.63, 3.8) is 0 Å². The number of hydrogen-bond donors (Lipinski definition) is 2. The minimum absolute atomic E-state index is 0.368. The highest BCUT2D eigenvalue weighted by atomic mass is 32.1. The van der Waals surface area contributed by atoms with E-state index in [2.05, 4.69) is 11.5 Å². The molecule has 0 saturated heterocycles. The molecule has 1 unspecified atom stereocenters. The van der Waals surface area contributed by atoms with Crippen molar-refractivity contribution in [3.05, 3.63) is 56.8 Å². The number of rotatable bonds is 3. The van der Waals surface area contributed by atoms with Crippen molar-refractivity contribution in [2.75, 3.05) is 0 Å². The van der Waals surface area contributed by atoms with Crippen LogP contribution in [0.2, 0.25) is 0 Å². The van der Waals surface area contributed by atoms with Crippen LogP contribution in [0.15, 0.2) is 24.3 Å². The Bertz CT molecular complexity index is 595. The number of fused-ring (bicyclic) bond motifs is 1. The van der Waals surface area contributed by atoms with Crippen LogP contribution >= 0.6 is 11.3 Å². The second-order valence-electron chi connectivity index (χ2n) is 5.46. The third-order valence-corrected chi connectivity index (χ3v) is 5.24. The summed E-state index contributed by atoms with van der Waals surface area (Å²) in [6.45, 7) is 0. The Kier molecular flexibility index (Phi) is 4.33. The quantitative estimate of drug-likeness (QED) is 0.513. The van der Waals surface area contributed by atoms with Gasteiger partial charge in [0.2, 0.25) is 0 Å². The number of hydrogen-bond acceptors (Lipinski definition) is 3. The van der Waals surface area contributed by atoms with Gasteiger partial charge in [-0.15, -0.1) is 11.3 Å². The maximum Gasteiger partial charge on any atom is 0.126 e. The van der Waals surface area contributed by atoms with E-state index >= 15 is 0 Å². The van der Waals surface area contributed by atoms with E-state index in [9.17, 15) is 8.78 Å². The number of nitrogens with two attached hydrogens (primary N) is 1. The molecule has 5 heteroatoms. The first-order valence-electron chi connectivity index (χ1n) is 7.21. The Morgan fingerprint density at radius 3 is 2.43 bits per heavy atom. The zero-order valence-corrected chi connectivity index (χ0v) is 12.5. The number of benzene rings is 1. The normalized spacial score (nSPS) is 16.3. The zero-order chi connectivity index (χ0) is 14.8. The molecule has 0 radical (unpaired) electrons. The molecule has 0 fully saturated rings. The fraction of sp³-hybridized carbons (Fsp3) is 0.375. The lowest BCUT2D eigenvalue weighted by Gasteiger charge is -2.15. The van der Waals surface area contributed by atoms with Gasteiger partial charge in [-0.1, -0.05) is 6.42 Å². The van der Waals surface area contributed by atoms with E-state index in [1.165, 1.54) is 41.8 Å². The summed E-state index contributed by atoms with van der Waals surface area (Å²) in [6, 6.07) is 5.31. The van der Waals surface area contributed by atoms with Crippen LogP contribution in [0.25, 0.3) is 0 Å². The van der Waals surface area contributed by atoms with Crippen molar-refractivity contribution in [3.8, 4) is 0 Å². The van der Waals surface area contributed by atoms with Gasteiger partial charge in [0, 0.05) is 15.8 Å². The molecule has 0 spiro atoms. The Morgan fingerprint density at radius 1 is 1.00 bits per heavy atom. The van der Waals surface area contributed by atoms with Gasteiger partial charge in [-0.25, -0.2) is 14.2 Å². The summed E-state index contributed by atoms with van der Waals surface area (Å²) < 4.78 is 26.8. The SMILES string of the molecule is NNC(c1cc(F)cc(F)c1)c1cc2c(s1)CCCCC2. The monoisotopic (exact) mass is 308 g/mol. The van der Waals surface area contributed by atoms with Gasteiger partial charge in [-0.2, -0.15) is 0 Å². The molecule has 2 aromatic rings. The smallest absolute Gasteiger partial charge is 0.126 e. The van der Waals surface area contributed by atoms with Gasteiger partial charge in [-0.05, 0) is 55.0 Å². The summed E-state index contributed by atoms with van der Waals surface area (Å²) in [5.41, 5.74) is 4.58. The van der Waals surface area contributed by atoms with Gasteiger partial charge in [0.05, 0.1) is 6.04 Å². The van der Waals surface area contributed by atoms with E-state index in [0.29, 0.717) is 5.56 Å². The van der Waals surface area contributed by atoms with Crippen LogP contribution in [0, 0.1) is 11.6 Å². The average Bonchev–Trinajstić information content (AvgIpc) is 2.69. The van der Waals surface area contributed by atoms with Crippen molar-refractivity contribution in [1.82, 2.24) is 5.43 Å². The maximum atomic E-state index is 13.4. The summed E-state index contributed by atoms with van der Waals surface area (Å²) in [5, 5.41) is 0. The highest BCUT2D eigenvalue weighted by molar-refractivity contribution is 7.12. The first-order valence-corrected chi connectivity index (χ1v) is 8.02. The van der Waals surface area contributed by atoms with Crippen LogP contribution in [0.4, 0.5) is 8.78 Å². The number of thiophene rings is 1. The maximum absolute atomic E-state index is 13.4. The van der Waals surface area contributed by atoms with Crippen molar-refractivity contribution >= 4 is 11.3 Å². The predicted molar refractivity (Wildman–Crippen MR) is 81.1 cm³/mol. The molecule has 0 saturated carbocycles. The van der Waals surface area contributed by atoms with E-state index in [0.717, 1.165) is 23.8 Å². The lowest BCUT2D eigenvalue weighted by molar-refractivity contribution is 0.567. The molecule has 1 atom stereocenters. The van der Waals surface area contributed by atoms with Gasteiger partial charge < -0.3 is 0 Å². The molecule has 21 heavy (non-hydrogen) atoms. The van der Waals surface area contributed by atoms with Gasteiger partial charge in [0.1, 0.15) is 11.6 Å². The summed E-state index contributed by atoms with van der Waals surface area (Å²) in [6.07, 6.45) is 5.86. The molecule has 1 aromatic carbocycles. The Labute approximate surface area is 127 Å². The van der Waals surface area contributed by atoms with Gasteiger partial charge in [0.15, 0.2) is 0 Å². The van der Waals surface area contributed by atoms with E-state index in [4.69, 9.17) is 5.84 Å². The molecule has 0 bridgehead atoms. The second kappa shape index (κ2) is 6.22. The average molecular weight is 308 g/mol. The Morgan fingerprint density at radius 2 is 1.71 bits per heavy atom. The van der Waals surface area contributed by atoms with Crippen LogP contribution in [0.5, 0.6) is 0 Å². The molecule has 0 amide bonds. The molecule has 1 aliphatic carbocycles. The Balaban J connectivity index is 1.96. The van der Waals surface area contributed by atoms with Gasteiger partial charge >= 0.3 is 0 Å².